The van der Waals surface area contributed by atoms with Crippen LogP contribution in [0.5, 0.6) is 0 Å². The second kappa shape index (κ2) is 3.46. The van der Waals surface area contributed by atoms with Crippen LogP contribution in [0.15, 0.2) is 0 Å². The van der Waals surface area contributed by atoms with Gasteiger partial charge in [-0.3, -0.25) is 10.1 Å². The molecular weight excluding hydrogens is 190 g/mol. The van der Waals surface area contributed by atoms with Crippen LogP contribution in [-0.4, -0.2) is 24.6 Å². The summed E-state index contributed by atoms with van der Waals surface area (Å²) >= 11 is 6.06. The summed E-state index contributed by atoms with van der Waals surface area (Å²) in [6, 6.07) is 0.236. The first kappa shape index (κ1) is 9.28. The van der Waals surface area contributed by atoms with E-state index in [0.717, 1.165) is 19.3 Å². The molecule has 0 aromatic carbocycles. The molecule has 2 heterocycles. The van der Waals surface area contributed by atoms with E-state index < -0.39 is 0 Å². The Balaban J connectivity index is 2.06. The van der Waals surface area contributed by atoms with Gasteiger partial charge in [0.05, 0.1) is 18.5 Å². The summed E-state index contributed by atoms with van der Waals surface area (Å²) in [4.78, 5) is 11.4. The molecule has 0 amide bonds. The number of halogens is 1. The predicted octanol–water partition coefficient (Wildman–Crippen LogP) is 1.11. The first-order valence-corrected chi connectivity index (χ1v) is 5.14. The molecule has 2 aliphatic heterocycles. The molecule has 0 spiro atoms. The SMILES string of the molecule is COC(=O)C1CC2CCC1NC2Cl. The Bertz CT molecular complexity index is 222. The van der Waals surface area contributed by atoms with Crippen molar-refractivity contribution in [1.29, 1.82) is 0 Å². The summed E-state index contributed by atoms with van der Waals surface area (Å²) < 4.78 is 4.76. The van der Waals surface area contributed by atoms with Crippen LogP contribution in [-0.2, 0) is 9.53 Å². The highest BCUT2D eigenvalue weighted by molar-refractivity contribution is 6.20. The van der Waals surface area contributed by atoms with Crippen molar-refractivity contribution in [2.75, 3.05) is 7.11 Å². The number of methoxy groups -OCH3 is 1. The molecule has 2 bridgehead atoms. The van der Waals surface area contributed by atoms with E-state index in [-0.39, 0.29) is 23.4 Å². The standard InChI is InChI=1S/C9H14ClNO2/c1-13-9(12)6-4-5-2-3-7(6)11-8(5)10/h5-8,11H,2-4H2,1H3. The van der Waals surface area contributed by atoms with E-state index in [1.165, 1.54) is 7.11 Å². The lowest BCUT2D eigenvalue weighted by atomic mass is 9.74. The van der Waals surface area contributed by atoms with E-state index in [4.69, 9.17) is 16.3 Å². The van der Waals surface area contributed by atoms with Gasteiger partial charge >= 0.3 is 5.97 Å². The molecule has 0 radical (unpaired) electrons. The number of esters is 1. The number of fused-ring (bicyclic) bond motifs is 3. The van der Waals surface area contributed by atoms with Gasteiger partial charge in [0.1, 0.15) is 0 Å². The highest BCUT2D eigenvalue weighted by atomic mass is 35.5. The molecule has 1 saturated carbocycles. The zero-order chi connectivity index (χ0) is 9.42. The molecule has 74 valence electrons. The van der Waals surface area contributed by atoms with Crippen LogP contribution >= 0.6 is 11.6 Å². The molecule has 13 heavy (non-hydrogen) atoms. The van der Waals surface area contributed by atoms with Crippen molar-refractivity contribution < 1.29 is 9.53 Å². The highest BCUT2D eigenvalue weighted by Crippen LogP contribution is 2.38. The van der Waals surface area contributed by atoms with Crippen LogP contribution in [0.25, 0.3) is 0 Å². The third-order valence-corrected chi connectivity index (χ3v) is 3.66. The first-order chi connectivity index (χ1) is 6.22. The van der Waals surface area contributed by atoms with Crippen molar-refractivity contribution in [1.82, 2.24) is 5.32 Å². The molecule has 4 unspecified atom stereocenters. The van der Waals surface area contributed by atoms with Crippen LogP contribution in [0.4, 0.5) is 0 Å². The zero-order valence-corrected chi connectivity index (χ0v) is 8.38. The molecule has 3 fully saturated rings. The van der Waals surface area contributed by atoms with Gasteiger partial charge in [-0.15, -0.1) is 11.6 Å². The maximum absolute atomic E-state index is 11.4. The fourth-order valence-electron chi connectivity index (χ4n) is 2.42. The van der Waals surface area contributed by atoms with Gasteiger partial charge < -0.3 is 4.74 Å². The topological polar surface area (TPSA) is 38.3 Å². The van der Waals surface area contributed by atoms with E-state index in [1.54, 1.807) is 0 Å². The van der Waals surface area contributed by atoms with E-state index in [1.807, 2.05) is 0 Å². The summed E-state index contributed by atoms with van der Waals surface area (Å²) in [7, 11) is 1.45. The van der Waals surface area contributed by atoms with Crippen molar-refractivity contribution in [2.24, 2.45) is 11.8 Å². The number of hydrogen-bond donors (Lipinski definition) is 1. The minimum atomic E-state index is -0.0919. The Morgan fingerprint density at radius 3 is 2.77 bits per heavy atom. The minimum absolute atomic E-state index is 0.0266. The average molecular weight is 204 g/mol. The fourth-order valence-corrected chi connectivity index (χ4v) is 2.81. The predicted molar refractivity (Wildman–Crippen MR) is 49.4 cm³/mol. The van der Waals surface area contributed by atoms with Gasteiger partial charge in [0, 0.05) is 6.04 Å². The quantitative estimate of drug-likeness (QED) is 0.394. The number of carbonyl (C=O) groups is 1. The molecular formula is C9H14ClNO2. The highest BCUT2D eigenvalue weighted by Gasteiger charge is 2.44. The second-order valence-corrected chi connectivity index (χ2v) is 4.35. The van der Waals surface area contributed by atoms with E-state index in [2.05, 4.69) is 5.32 Å². The van der Waals surface area contributed by atoms with Gasteiger partial charge in [0.15, 0.2) is 0 Å². The lowest BCUT2D eigenvalue weighted by molar-refractivity contribution is -0.149. The van der Waals surface area contributed by atoms with Gasteiger partial charge in [-0.05, 0) is 25.2 Å². The number of nitrogens with one attached hydrogen (secondary N) is 1. The average Bonchev–Trinajstić information content (AvgIpc) is 2.17. The van der Waals surface area contributed by atoms with Gasteiger partial charge in [0.2, 0.25) is 0 Å². The number of piperidine rings is 2. The van der Waals surface area contributed by atoms with Crippen LogP contribution in [0.1, 0.15) is 19.3 Å². The number of carbonyl (C=O) groups excluding carboxylic acids is 1. The van der Waals surface area contributed by atoms with E-state index in [9.17, 15) is 4.79 Å². The molecule has 0 aromatic heterocycles. The molecule has 3 nitrogen and oxygen atoms in total. The first-order valence-electron chi connectivity index (χ1n) is 4.70. The molecule has 4 heteroatoms. The Morgan fingerprint density at radius 1 is 1.54 bits per heavy atom. The number of hydrogen-bond acceptors (Lipinski definition) is 3. The Kier molecular flexibility index (Phi) is 2.47. The largest absolute Gasteiger partial charge is 0.469 e. The second-order valence-electron chi connectivity index (χ2n) is 3.88. The fraction of sp³-hybridized carbons (Fsp3) is 0.889. The molecule has 1 aliphatic carbocycles. The van der Waals surface area contributed by atoms with Crippen LogP contribution in [0, 0.1) is 11.8 Å². The number of ether oxygens (including phenoxy) is 1. The van der Waals surface area contributed by atoms with Gasteiger partial charge in [-0.1, -0.05) is 0 Å². The van der Waals surface area contributed by atoms with Gasteiger partial charge in [-0.25, -0.2) is 0 Å². The molecule has 3 rings (SSSR count). The Labute approximate surface area is 82.8 Å². The van der Waals surface area contributed by atoms with Gasteiger partial charge in [0.25, 0.3) is 0 Å². The number of rotatable bonds is 1. The van der Waals surface area contributed by atoms with Crippen LogP contribution in [0.2, 0.25) is 0 Å². The van der Waals surface area contributed by atoms with Crippen LogP contribution < -0.4 is 5.32 Å². The molecule has 1 N–H and O–H groups in total. The summed E-state index contributed by atoms with van der Waals surface area (Å²) in [5.74, 6) is 0.375. The molecule has 0 aromatic rings. The smallest absolute Gasteiger partial charge is 0.310 e. The normalized spacial score (nSPS) is 43.2. The van der Waals surface area contributed by atoms with Crippen molar-refractivity contribution >= 4 is 17.6 Å². The van der Waals surface area contributed by atoms with E-state index in [0.29, 0.717) is 5.92 Å². The maximum Gasteiger partial charge on any atom is 0.310 e. The summed E-state index contributed by atoms with van der Waals surface area (Å²) in [6.07, 6.45) is 3.07. The third-order valence-electron chi connectivity index (χ3n) is 3.18. The monoisotopic (exact) mass is 203 g/mol. The van der Waals surface area contributed by atoms with Crippen LogP contribution in [0.3, 0.4) is 0 Å². The lowest BCUT2D eigenvalue weighted by Crippen LogP contribution is -2.56. The van der Waals surface area contributed by atoms with Crippen molar-refractivity contribution in [3.8, 4) is 0 Å². The summed E-state index contributed by atoms with van der Waals surface area (Å²) in [6.45, 7) is 0. The van der Waals surface area contributed by atoms with E-state index >= 15 is 0 Å². The Morgan fingerprint density at radius 2 is 2.31 bits per heavy atom. The Hall–Kier alpha value is -0.280. The summed E-state index contributed by atoms with van der Waals surface area (Å²) in [5.41, 5.74) is 0.0552. The molecule has 4 atom stereocenters. The van der Waals surface area contributed by atoms with Crippen molar-refractivity contribution in [2.45, 2.75) is 30.8 Å². The molecule has 3 aliphatic rings. The summed E-state index contributed by atoms with van der Waals surface area (Å²) in [5, 5.41) is 3.25. The third kappa shape index (κ3) is 1.55. The number of alkyl halides is 1. The zero-order valence-electron chi connectivity index (χ0n) is 7.63. The van der Waals surface area contributed by atoms with Crippen molar-refractivity contribution in [3.05, 3.63) is 0 Å². The minimum Gasteiger partial charge on any atom is -0.469 e. The maximum atomic E-state index is 11.4. The lowest BCUT2D eigenvalue weighted by Gasteiger charge is -2.44. The van der Waals surface area contributed by atoms with Crippen molar-refractivity contribution in [3.63, 3.8) is 0 Å². The van der Waals surface area contributed by atoms with Gasteiger partial charge in [-0.2, -0.15) is 0 Å². The molecule has 2 saturated heterocycles.